The van der Waals surface area contributed by atoms with E-state index >= 15 is 0 Å². The molecular formula is C19H18N2O2S. The molecule has 3 aromatic rings. The maximum absolute atomic E-state index is 12.2. The number of aryl methyl sites for hydroxylation is 1. The summed E-state index contributed by atoms with van der Waals surface area (Å²) in [6, 6.07) is 16.4. The van der Waals surface area contributed by atoms with Gasteiger partial charge in [0.1, 0.15) is 6.04 Å². The van der Waals surface area contributed by atoms with Crippen LogP contribution in [0.2, 0.25) is 0 Å². The number of rotatable bonds is 6. The number of fused-ring (bicyclic) bond motifs is 1. The summed E-state index contributed by atoms with van der Waals surface area (Å²) in [6.07, 6.45) is 0.952. The van der Waals surface area contributed by atoms with Crippen molar-refractivity contribution in [2.45, 2.75) is 18.9 Å². The van der Waals surface area contributed by atoms with Gasteiger partial charge in [-0.15, -0.1) is 11.3 Å². The standard InChI is InChI=1S/C19H18N2O2S/c20-19(23)18(13-6-2-1-3-7-13)21-17(22)11-10-14-12-24-16-9-5-4-8-15(14)16/h1-9,12,18H,10-11H2,(H2,20,23)(H,21,22). The van der Waals surface area contributed by atoms with Crippen LogP contribution in [-0.4, -0.2) is 11.8 Å². The van der Waals surface area contributed by atoms with Crippen molar-refractivity contribution in [1.29, 1.82) is 0 Å². The molecular weight excluding hydrogens is 320 g/mol. The van der Waals surface area contributed by atoms with Gasteiger partial charge in [0.2, 0.25) is 11.8 Å². The second kappa shape index (κ2) is 7.27. The van der Waals surface area contributed by atoms with E-state index in [1.54, 1.807) is 23.5 Å². The quantitative estimate of drug-likeness (QED) is 0.724. The van der Waals surface area contributed by atoms with Crippen LogP contribution in [0.15, 0.2) is 60.0 Å². The average molecular weight is 338 g/mol. The first-order chi connectivity index (χ1) is 11.6. The van der Waals surface area contributed by atoms with Crippen molar-refractivity contribution in [2.75, 3.05) is 0 Å². The molecule has 0 saturated carbocycles. The molecule has 3 N–H and O–H groups in total. The number of carbonyl (C=O) groups is 2. The molecule has 0 radical (unpaired) electrons. The molecule has 4 nitrogen and oxygen atoms in total. The van der Waals surface area contributed by atoms with Gasteiger partial charge in [0, 0.05) is 11.1 Å². The lowest BCUT2D eigenvalue weighted by Crippen LogP contribution is -2.37. The van der Waals surface area contributed by atoms with Gasteiger partial charge in [-0.1, -0.05) is 48.5 Å². The third-order valence-electron chi connectivity index (χ3n) is 3.91. The van der Waals surface area contributed by atoms with Gasteiger partial charge in [-0.2, -0.15) is 0 Å². The van der Waals surface area contributed by atoms with E-state index in [0.29, 0.717) is 18.4 Å². The number of hydrogen-bond donors (Lipinski definition) is 2. The number of thiophene rings is 1. The minimum absolute atomic E-state index is 0.182. The molecule has 2 aromatic carbocycles. The van der Waals surface area contributed by atoms with Crippen LogP contribution in [0, 0.1) is 0 Å². The Balaban J connectivity index is 1.65. The van der Waals surface area contributed by atoms with Crippen molar-refractivity contribution in [2.24, 2.45) is 5.73 Å². The van der Waals surface area contributed by atoms with Gasteiger partial charge in [-0.05, 0) is 34.4 Å². The zero-order valence-electron chi connectivity index (χ0n) is 13.1. The first-order valence-electron chi connectivity index (χ1n) is 7.74. The summed E-state index contributed by atoms with van der Waals surface area (Å²) in [4.78, 5) is 23.9. The Morgan fingerprint density at radius 3 is 2.50 bits per heavy atom. The fourth-order valence-electron chi connectivity index (χ4n) is 2.67. The van der Waals surface area contributed by atoms with Gasteiger partial charge in [0.15, 0.2) is 0 Å². The largest absolute Gasteiger partial charge is 0.368 e. The molecule has 1 heterocycles. The highest BCUT2D eigenvalue weighted by atomic mass is 32.1. The van der Waals surface area contributed by atoms with Gasteiger partial charge in [0.05, 0.1) is 0 Å². The molecule has 24 heavy (non-hydrogen) atoms. The minimum atomic E-state index is -0.794. The van der Waals surface area contributed by atoms with Crippen LogP contribution < -0.4 is 11.1 Å². The Labute approximate surface area is 144 Å². The summed E-state index contributed by atoms with van der Waals surface area (Å²) < 4.78 is 1.22. The Kier molecular flexibility index (Phi) is 4.91. The monoisotopic (exact) mass is 338 g/mol. The van der Waals surface area contributed by atoms with Gasteiger partial charge in [-0.3, -0.25) is 9.59 Å². The second-order valence-electron chi connectivity index (χ2n) is 5.57. The van der Waals surface area contributed by atoms with Crippen molar-refractivity contribution < 1.29 is 9.59 Å². The van der Waals surface area contributed by atoms with E-state index in [1.165, 1.54) is 10.1 Å². The highest BCUT2D eigenvalue weighted by Crippen LogP contribution is 2.26. The molecule has 0 aliphatic heterocycles. The van der Waals surface area contributed by atoms with Crippen molar-refractivity contribution in [3.8, 4) is 0 Å². The van der Waals surface area contributed by atoms with Gasteiger partial charge < -0.3 is 11.1 Å². The summed E-state index contributed by atoms with van der Waals surface area (Å²) in [6.45, 7) is 0. The maximum atomic E-state index is 12.2. The van der Waals surface area contributed by atoms with Crippen LogP contribution in [0.25, 0.3) is 10.1 Å². The smallest absolute Gasteiger partial charge is 0.244 e. The Bertz CT molecular complexity index is 858. The third kappa shape index (κ3) is 3.63. The predicted octanol–water partition coefficient (Wildman–Crippen LogP) is 3.18. The molecule has 0 aliphatic carbocycles. The lowest BCUT2D eigenvalue weighted by Gasteiger charge is -2.15. The number of nitrogens with two attached hydrogens (primary N) is 1. The molecule has 0 bridgehead atoms. The van der Waals surface area contributed by atoms with Crippen LogP contribution >= 0.6 is 11.3 Å². The Morgan fingerprint density at radius 1 is 1.04 bits per heavy atom. The zero-order chi connectivity index (χ0) is 16.9. The molecule has 3 rings (SSSR count). The van der Waals surface area contributed by atoms with E-state index < -0.39 is 11.9 Å². The normalized spacial score (nSPS) is 12.0. The average Bonchev–Trinajstić information content (AvgIpc) is 3.01. The van der Waals surface area contributed by atoms with Crippen LogP contribution in [-0.2, 0) is 16.0 Å². The molecule has 1 atom stereocenters. The summed E-state index contributed by atoms with van der Waals surface area (Å²) in [5.74, 6) is -0.742. The molecule has 122 valence electrons. The SMILES string of the molecule is NC(=O)C(NC(=O)CCc1csc2ccccc12)c1ccccc1. The van der Waals surface area contributed by atoms with Gasteiger partial charge >= 0.3 is 0 Å². The number of hydrogen-bond acceptors (Lipinski definition) is 3. The van der Waals surface area contributed by atoms with Crippen molar-refractivity contribution in [1.82, 2.24) is 5.32 Å². The molecule has 0 fully saturated rings. The number of primary amides is 1. The summed E-state index contributed by atoms with van der Waals surface area (Å²) in [7, 11) is 0. The molecule has 0 spiro atoms. The summed E-state index contributed by atoms with van der Waals surface area (Å²) in [5.41, 5.74) is 7.28. The van der Waals surface area contributed by atoms with Gasteiger partial charge in [0.25, 0.3) is 0 Å². The van der Waals surface area contributed by atoms with Crippen molar-refractivity contribution in [3.05, 3.63) is 71.1 Å². The highest BCUT2D eigenvalue weighted by Gasteiger charge is 2.19. The fourth-order valence-corrected chi connectivity index (χ4v) is 3.67. The van der Waals surface area contributed by atoms with E-state index in [1.807, 2.05) is 30.3 Å². The number of benzene rings is 2. The number of amides is 2. The molecule has 2 amide bonds. The highest BCUT2D eigenvalue weighted by molar-refractivity contribution is 7.17. The third-order valence-corrected chi connectivity index (χ3v) is 4.92. The van der Waals surface area contributed by atoms with E-state index in [2.05, 4.69) is 22.8 Å². The van der Waals surface area contributed by atoms with Crippen LogP contribution in [0.5, 0.6) is 0 Å². The van der Waals surface area contributed by atoms with Crippen molar-refractivity contribution >= 4 is 33.2 Å². The van der Waals surface area contributed by atoms with E-state index in [-0.39, 0.29) is 5.91 Å². The lowest BCUT2D eigenvalue weighted by atomic mass is 10.1. The Hall–Kier alpha value is -2.66. The minimum Gasteiger partial charge on any atom is -0.368 e. The maximum Gasteiger partial charge on any atom is 0.244 e. The molecule has 1 aromatic heterocycles. The Morgan fingerprint density at radius 2 is 1.75 bits per heavy atom. The fraction of sp³-hybridized carbons (Fsp3) is 0.158. The van der Waals surface area contributed by atoms with Crippen molar-refractivity contribution in [3.63, 3.8) is 0 Å². The summed E-state index contributed by atoms with van der Waals surface area (Å²) >= 11 is 1.68. The number of carbonyl (C=O) groups excluding carboxylic acids is 2. The first kappa shape index (κ1) is 16.2. The van der Waals surface area contributed by atoms with Gasteiger partial charge in [-0.25, -0.2) is 0 Å². The second-order valence-corrected chi connectivity index (χ2v) is 6.48. The predicted molar refractivity (Wildman–Crippen MR) is 96.7 cm³/mol. The first-order valence-corrected chi connectivity index (χ1v) is 8.62. The molecule has 0 saturated heterocycles. The topological polar surface area (TPSA) is 72.2 Å². The lowest BCUT2D eigenvalue weighted by molar-refractivity contribution is -0.127. The van der Waals surface area contributed by atoms with Crippen LogP contribution in [0.3, 0.4) is 0 Å². The molecule has 5 heteroatoms. The van der Waals surface area contributed by atoms with Crippen LogP contribution in [0.1, 0.15) is 23.6 Å². The van der Waals surface area contributed by atoms with E-state index in [9.17, 15) is 9.59 Å². The molecule has 1 unspecified atom stereocenters. The zero-order valence-corrected chi connectivity index (χ0v) is 13.9. The summed E-state index contributed by atoms with van der Waals surface area (Å²) in [5, 5.41) is 6.00. The molecule has 0 aliphatic rings. The number of nitrogens with one attached hydrogen (secondary N) is 1. The van der Waals surface area contributed by atoms with Crippen LogP contribution in [0.4, 0.5) is 0 Å². The van der Waals surface area contributed by atoms with E-state index in [0.717, 1.165) is 5.56 Å². The van der Waals surface area contributed by atoms with E-state index in [4.69, 9.17) is 5.73 Å².